The molecule has 0 radical (unpaired) electrons. The van der Waals surface area contributed by atoms with E-state index in [0.717, 1.165) is 0 Å². The molecule has 0 saturated carbocycles. The molecule has 0 aliphatic carbocycles. The molecule has 2 N–H and O–H groups in total. The van der Waals surface area contributed by atoms with Gasteiger partial charge in [-0.2, -0.15) is 0 Å². The van der Waals surface area contributed by atoms with Gasteiger partial charge < -0.3 is 10.5 Å². The Morgan fingerprint density at radius 1 is 1.38 bits per heavy atom. The van der Waals surface area contributed by atoms with Crippen LogP contribution in [-0.4, -0.2) is 18.4 Å². The van der Waals surface area contributed by atoms with E-state index in [-0.39, 0.29) is 24.8 Å². The van der Waals surface area contributed by atoms with Crippen molar-refractivity contribution in [3.8, 4) is 5.75 Å². The SMILES string of the molecule is Cl.NC1COc2ccccc2C1=O. The number of benzene rings is 1. The van der Waals surface area contributed by atoms with Crippen molar-refractivity contribution in [2.75, 3.05) is 6.61 Å². The first-order valence-electron chi connectivity index (χ1n) is 3.80. The fraction of sp³-hybridized carbons (Fsp3) is 0.222. The third-order valence-corrected chi connectivity index (χ3v) is 1.91. The number of para-hydroxylation sites is 1. The maximum absolute atomic E-state index is 11.4. The third kappa shape index (κ3) is 1.66. The molecule has 1 heterocycles. The first-order valence-corrected chi connectivity index (χ1v) is 3.80. The Labute approximate surface area is 82.3 Å². The largest absolute Gasteiger partial charge is 0.491 e. The summed E-state index contributed by atoms with van der Waals surface area (Å²) in [5.74, 6) is 0.612. The highest BCUT2D eigenvalue weighted by atomic mass is 35.5. The number of rotatable bonds is 0. The Hall–Kier alpha value is -1.06. The van der Waals surface area contributed by atoms with Crippen LogP contribution < -0.4 is 10.5 Å². The molecule has 4 heteroatoms. The van der Waals surface area contributed by atoms with Crippen molar-refractivity contribution in [1.82, 2.24) is 0 Å². The maximum atomic E-state index is 11.4. The van der Waals surface area contributed by atoms with E-state index >= 15 is 0 Å². The molecule has 1 aliphatic heterocycles. The molecule has 0 saturated heterocycles. The number of Topliss-reactive ketones (excluding diaryl/α,β-unsaturated/α-hetero) is 1. The highest BCUT2D eigenvalue weighted by Gasteiger charge is 2.24. The summed E-state index contributed by atoms with van der Waals surface area (Å²) in [6, 6.07) is 6.65. The van der Waals surface area contributed by atoms with E-state index in [1.54, 1.807) is 18.2 Å². The maximum Gasteiger partial charge on any atom is 0.186 e. The molecule has 70 valence electrons. The highest BCUT2D eigenvalue weighted by Crippen LogP contribution is 2.22. The van der Waals surface area contributed by atoms with Gasteiger partial charge in [0.1, 0.15) is 18.4 Å². The average molecular weight is 200 g/mol. The van der Waals surface area contributed by atoms with Crippen molar-refractivity contribution in [2.24, 2.45) is 5.73 Å². The zero-order valence-electron chi connectivity index (χ0n) is 6.90. The molecule has 0 fully saturated rings. The van der Waals surface area contributed by atoms with Gasteiger partial charge in [-0.1, -0.05) is 12.1 Å². The van der Waals surface area contributed by atoms with Gasteiger partial charge in [-0.05, 0) is 12.1 Å². The molecular weight excluding hydrogens is 190 g/mol. The van der Waals surface area contributed by atoms with Gasteiger partial charge in [0.15, 0.2) is 5.78 Å². The Morgan fingerprint density at radius 2 is 2.08 bits per heavy atom. The monoisotopic (exact) mass is 199 g/mol. The second-order valence-electron chi connectivity index (χ2n) is 2.78. The van der Waals surface area contributed by atoms with Gasteiger partial charge in [-0.15, -0.1) is 12.4 Å². The molecule has 0 bridgehead atoms. The van der Waals surface area contributed by atoms with Gasteiger partial charge in [-0.25, -0.2) is 0 Å². The summed E-state index contributed by atoms with van der Waals surface area (Å²) in [5, 5.41) is 0. The summed E-state index contributed by atoms with van der Waals surface area (Å²) in [4.78, 5) is 11.4. The van der Waals surface area contributed by atoms with Crippen molar-refractivity contribution in [1.29, 1.82) is 0 Å². The van der Waals surface area contributed by atoms with Gasteiger partial charge in [0, 0.05) is 0 Å². The molecule has 2 rings (SSSR count). The van der Waals surface area contributed by atoms with Crippen LogP contribution in [0.1, 0.15) is 10.4 Å². The lowest BCUT2D eigenvalue weighted by Crippen LogP contribution is -2.39. The zero-order valence-corrected chi connectivity index (χ0v) is 7.71. The predicted octanol–water partition coefficient (Wildman–Crippen LogP) is 1.01. The molecule has 1 aromatic carbocycles. The van der Waals surface area contributed by atoms with Gasteiger partial charge >= 0.3 is 0 Å². The Bertz CT molecular complexity index is 327. The first kappa shape index (κ1) is 10.0. The van der Waals surface area contributed by atoms with Crippen LogP contribution in [0.3, 0.4) is 0 Å². The molecule has 1 unspecified atom stereocenters. The number of hydrogen-bond acceptors (Lipinski definition) is 3. The van der Waals surface area contributed by atoms with Gasteiger partial charge in [0.25, 0.3) is 0 Å². The molecule has 13 heavy (non-hydrogen) atoms. The molecule has 0 amide bonds. The fourth-order valence-corrected chi connectivity index (χ4v) is 1.25. The number of carbonyl (C=O) groups excluding carboxylic acids is 1. The third-order valence-electron chi connectivity index (χ3n) is 1.91. The molecule has 1 aromatic rings. The number of ketones is 1. The molecule has 0 aromatic heterocycles. The molecular formula is C9H10ClNO2. The summed E-state index contributed by atoms with van der Waals surface area (Å²) < 4.78 is 5.26. The molecule has 1 atom stereocenters. The van der Waals surface area contributed by atoms with E-state index in [4.69, 9.17) is 10.5 Å². The van der Waals surface area contributed by atoms with E-state index < -0.39 is 6.04 Å². The molecule has 3 nitrogen and oxygen atoms in total. The van der Waals surface area contributed by atoms with Crippen LogP contribution in [0.5, 0.6) is 5.75 Å². The van der Waals surface area contributed by atoms with E-state index in [1.165, 1.54) is 0 Å². The van der Waals surface area contributed by atoms with Gasteiger partial charge in [-0.3, -0.25) is 4.79 Å². The number of fused-ring (bicyclic) bond motifs is 1. The van der Waals surface area contributed by atoms with E-state index in [1.807, 2.05) is 6.07 Å². The smallest absolute Gasteiger partial charge is 0.186 e. The quantitative estimate of drug-likeness (QED) is 0.679. The second-order valence-corrected chi connectivity index (χ2v) is 2.78. The van der Waals surface area contributed by atoms with E-state index in [2.05, 4.69) is 0 Å². The van der Waals surface area contributed by atoms with Gasteiger partial charge in [0.05, 0.1) is 5.56 Å². The lowest BCUT2D eigenvalue weighted by molar-refractivity contribution is 0.0900. The number of halogens is 1. The number of nitrogens with two attached hydrogens (primary N) is 1. The summed E-state index contributed by atoms with van der Waals surface area (Å²) in [6.07, 6.45) is 0. The summed E-state index contributed by atoms with van der Waals surface area (Å²) >= 11 is 0. The summed E-state index contributed by atoms with van der Waals surface area (Å²) in [5.41, 5.74) is 6.11. The Kier molecular flexibility index (Phi) is 2.90. The van der Waals surface area contributed by atoms with Crippen LogP contribution in [0.4, 0.5) is 0 Å². The Morgan fingerprint density at radius 3 is 2.85 bits per heavy atom. The van der Waals surface area contributed by atoms with Crippen molar-refractivity contribution in [3.05, 3.63) is 29.8 Å². The van der Waals surface area contributed by atoms with Crippen molar-refractivity contribution in [3.63, 3.8) is 0 Å². The predicted molar refractivity (Wildman–Crippen MR) is 51.5 cm³/mol. The Balaban J connectivity index is 0.000000845. The highest BCUT2D eigenvalue weighted by molar-refractivity contribution is 6.03. The van der Waals surface area contributed by atoms with Crippen LogP contribution in [-0.2, 0) is 0 Å². The molecule has 0 spiro atoms. The van der Waals surface area contributed by atoms with Crippen molar-refractivity contribution in [2.45, 2.75) is 6.04 Å². The molecule has 1 aliphatic rings. The van der Waals surface area contributed by atoms with E-state index in [0.29, 0.717) is 11.3 Å². The van der Waals surface area contributed by atoms with Crippen LogP contribution in [0, 0.1) is 0 Å². The van der Waals surface area contributed by atoms with Crippen LogP contribution in [0.2, 0.25) is 0 Å². The second kappa shape index (κ2) is 3.77. The number of carbonyl (C=O) groups is 1. The first-order chi connectivity index (χ1) is 5.79. The lowest BCUT2D eigenvalue weighted by Gasteiger charge is -2.20. The lowest BCUT2D eigenvalue weighted by atomic mass is 10.0. The van der Waals surface area contributed by atoms with Crippen molar-refractivity contribution >= 4 is 18.2 Å². The standard InChI is InChI=1S/C9H9NO2.ClH/c10-7-5-12-8-4-2-1-3-6(8)9(7)11;/h1-4,7H,5,10H2;1H. The van der Waals surface area contributed by atoms with Gasteiger partial charge in [0.2, 0.25) is 0 Å². The normalized spacial score (nSPS) is 19.8. The van der Waals surface area contributed by atoms with Crippen LogP contribution in [0.15, 0.2) is 24.3 Å². The summed E-state index contributed by atoms with van der Waals surface area (Å²) in [7, 11) is 0. The minimum atomic E-state index is -0.500. The summed E-state index contributed by atoms with van der Waals surface area (Å²) in [6.45, 7) is 0.288. The minimum absolute atomic E-state index is 0. The number of hydrogen-bond donors (Lipinski definition) is 1. The number of ether oxygens (including phenoxy) is 1. The van der Waals surface area contributed by atoms with Crippen LogP contribution in [0.25, 0.3) is 0 Å². The zero-order chi connectivity index (χ0) is 8.55. The fourth-order valence-electron chi connectivity index (χ4n) is 1.25. The topological polar surface area (TPSA) is 52.3 Å². The van der Waals surface area contributed by atoms with Crippen molar-refractivity contribution < 1.29 is 9.53 Å². The van der Waals surface area contributed by atoms with Crippen LogP contribution >= 0.6 is 12.4 Å². The average Bonchev–Trinajstić information content (AvgIpc) is 2.12. The van der Waals surface area contributed by atoms with E-state index in [9.17, 15) is 4.79 Å². The minimum Gasteiger partial charge on any atom is -0.491 e.